The number of β-amino-alcohol motifs (C(OH)–C–C–N with tert-alkyl or cyclic N) is 1. The Morgan fingerprint density at radius 1 is 1.00 bits per heavy atom. The van der Waals surface area contributed by atoms with Crippen molar-refractivity contribution in [3.05, 3.63) is 59.5 Å². The lowest BCUT2D eigenvalue weighted by atomic mass is 10.1. The summed E-state index contributed by atoms with van der Waals surface area (Å²) in [5.74, 6) is 2.32. The van der Waals surface area contributed by atoms with Crippen molar-refractivity contribution in [2.45, 2.75) is 25.9 Å². The number of methoxy groups -OCH3 is 1. The van der Waals surface area contributed by atoms with Crippen molar-refractivity contribution in [1.29, 1.82) is 0 Å². The van der Waals surface area contributed by atoms with Gasteiger partial charge in [-0.3, -0.25) is 0 Å². The topological polar surface area (TPSA) is 82.3 Å². The Kier molecular flexibility index (Phi) is 6.71. The van der Waals surface area contributed by atoms with Gasteiger partial charge >= 0.3 is 0 Å². The van der Waals surface area contributed by atoms with Gasteiger partial charge in [-0.15, -0.1) is 0 Å². The summed E-state index contributed by atoms with van der Waals surface area (Å²) >= 11 is 6.40. The molecule has 0 radical (unpaired) electrons. The van der Waals surface area contributed by atoms with Crippen molar-refractivity contribution in [3.8, 4) is 17.0 Å². The number of aromatic nitrogens is 4. The molecule has 10 heteroatoms. The smallest absolute Gasteiger partial charge is 0.227 e. The van der Waals surface area contributed by atoms with Gasteiger partial charge in [0.05, 0.1) is 23.9 Å². The molecule has 2 aliphatic heterocycles. The highest BCUT2D eigenvalue weighted by Crippen LogP contribution is 2.33. The molecule has 0 saturated carbocycles. The summed E-state index contributed by atoms with van der Waals surface area (Å²) in [6, 6.07) is 10.1. The van der Waals surface area contributed by atoms with E-state index in [2.05, 4.69) is 38.0 Å². The minimum Gasteiger partial charge on any atom is -0.495 e. The molecule has 1 aromatic carbocycles. The quantitative estimate of drug-likeness (QED) is 0.411. The molecule has 2 fully saturated rings. The fraction of sp³-hybridized carbons (Fsp3) is 0.393. The molecule has 9 nitrogen and oxygen atoms in total. The van der Waals surface area contributed by atoms with Crippen molar-refractivity contribution in [1.82, 2.24) is 19.4 Å². The molecular weight excluding hydrogens is 502 g/mol. The molecule has 0 aliphatic carbocycles. The Bertz CT molecular complexity index is 1450. The van der Waals surface area contributed by atoms with Crippen LogP contribution in [0.25, 0.3) is 16.9 Å². The molecule has 0 amide bonds. The van der Waals surface area contributed by atoms with Gasteiger partial charge in [-0.05, 0) is 49.6 Å². The van der Waals surface area contributed by atoms with Crippen LogP contribution in [0, 0.1) is 6.92 Å². The second-order valence-electron chi connectivity index (χ2n) is 10.0. The van der Waals surface area contributed by atoms with E-state index in [4.69, 9.17) is 26.3 Å². The lowest BCUT2D eigenvalue weighted by molar-refractivity contribution is 0.153. The van der Waals surface area contributed by atoms with Gasteiger partial charge in [-0.1, -0.05) is 11.6 Å². The zero-order valence-electron chi connectivity index (χ0n) is 21.7. The number of aryl methyl sites for hydroxylation is 1. The van der Waals surface area contributed by atoms with Gasteiger partial charge in [0.15, 0.2) is 0 Å². The van der Waals surface area contributed by atoms with Crippen LogP contribution in [0.15, 0.2) is 48.9 Å². The third-order valence-electron chi connectivity index (χ3n) is 7.49. The number of anilines is 3. The number of imidazole rings is 1. The molecule has 0 bridgehead atoms. The normalized spacial score (nSPS) is 18.3. The Morgan fingerprint density at radius 3 is 2.61 bits per heavy atom. The van der Waals surface area contributed by atoms with Gasteiger partial charge in [0.1, 0.15) is 17.2 Å². The van der Waals surface area contributed by atoms with E-state index in [1.165, 1.54) is 0 Å². The molecule has 1 N–H and O–H groups in total. The first-order valence-corrected chi connectivity index (χ1v) is 13.5. The van der Waals surface area contributed by atoms with Crippen molar-refractivity contribution in [2.75, 3.05) is 61.1 Å². The average molecular weight is 534 g/mol. The van der Waals surface area contributed by atoms with Gasteiger partial charge in [0.2, 0.25) is 5.95 Å². The van der Waals surface area contributed by atoms with Crippen LogP contribution in [0.3, 0.4) is 0 Å². The highest BCUT2D eigenvalue weighted by Gasteiger charge is 2.23. The number of hydrogen-bond acceptors (Lipinski definition) is 8. The molecule has 198 valence electrons. The summed E-state index contributed by atoms with van der Waals surface area (Å²) in [5.41, 5.74) is 5.00. The number of aliphatic hydroxyl groups excluding tert-OH is 1. The molecule has 1 unspecified atom stereocenters. The number of halogens is 1. The van der Waals surface area contributed by atoms with Crippen LogP contribution in [0.2, 0.25) is 5.02 Å². The number of nitrogens with zero attached hydrogens (tertiary/aromatic N) is 7. The van der Waals surface area contributed by atoms with Crippen LogP contribution in [-0.4, -0.2) is 76.9 Å². The highest BCUT2D eigenvalue weighted by atomic mass is 35.5. The Hall–Kier alpha value is -3.56. The molecule has 1 atom stereocenters. The first-order chi connectivity index (χ1) is 18.5. The number of fused-ring (bicyclic) bond motifs is 1. The summed E-state index contributed by atoms with van der Waals surface area (Å²) in [6.07, 6.45) is 7.43. The number of hydrogen-bond donors (Lipinski definition) is 1. The predicted molar refractivity (Wildman–Crippen MR) is 151 cm³/mol. The third kappa shape index (κ3) is 4.83. The molecule has 2 aliphatic rings. The van der Waals surface area contributed by atoms with Crippen molar-refractivity contribution >= 4 is 34.7 Å². The first-order valence-electron chi connectivity index (χ1n) is 13.1. The van der Waals surface area contributed by atoms with Gasteiger partial charge in [-0.2, -0.15) is 4.98 Å². The Labute approximate surface area is 227 Å². The van der Waals surface area contributed by atoms with Crippen LogP contribution in [-0.2, 0) is 0 Å². The van der Waals surface area contributed by atoms with Crippen LogP contribution < -0.4 is 19.4 Å². The van der Waals surface area contributed by atoms with E-state index < -0.39 is 0 Å². The van der Waals surface area contributed by atoms with Crippen molar-refractivity contribution in [3.63, 3.8) is 0 Å². The van der Waals surface area contributed by atoms with Crippen molar-refractivity contribution in [2.24, 2.45) is 0 Å². The number of piperidine rings is 1. The van der Waals surface area contributed by atoms with Crippen LogP contribution >= 0.6 is 11.6 Å². The molecule has 3 aromatic heterocycles. The van der Waals surface area contributed by atoms with E-state index in [0.717, 1.165) is 79.5 Å². The standard InChI is InChI=1S/C28H32ClN7O2/c1-19-14-25(38-2)23(29)16-22(19)24-18-35-9-6-20(15-27(35)31-24)33-10-12-34(13-11-33)26-5-7-30-28(32-26)36-8-3-4-21(37)17-36/h5-7,9,14-16,18,21,37H,3-4,8,10-13,17H2,1-2H3. The Morgan fingerprint density at radius 2 is 1.82 bits per heavy atom. The molecule has 4 aromatic rings. The van der Waals surface area contributed by atoms with Crippen LogP contribution in [0.1, 0.15) is 18.4 Å². The summed E-state index contributed by atoms with van der Waals surface area (Å²) < 4.78 is 7.40. The number of ether oxygens (including phenoxy) is 1. The zero-order valence-corrected chi connectivity index (χ0v) is 22.5. The fourth-order valence-corrected chi connectivity index (χ4v) is 5.62. The molecular formula is C28H32ClN7O2. The SMILES string of the molecule is COc1cc(C)c(-c2cn3ccc(N4CCN(c5ccnc(N6CCCC(O)C6)n5)CC4)cc3n2)cc1Cl. The van der Waals surface area contributed by atoms with E-state index in [0.29, 0.717) is 23.3 Å². The lowest BCUT2D eigenvalue weighted by Crippen LogP contribution is -2.47. The van der Waals surface area contributed by atoms with E-state index in [1.54, 1.807) is 7.11 Å². The summed E-state index contributed by atoms with van der Waals surface area (Å²) in [6.45, 7) is 7.04. The monoisotopic (exact) mass is 533 g/mol. The minimum absolute atomic E-state index is 0.305. The van der Waals surface area contributed by atoms with E-state index >= 15 is 0 Å². The summed E-state index contributed by atoms with van der Waals surface area (Å²) in [4.78, 5) is 21.0. The number of piperazine rings is 1. The van der Waals surface area contributed by atoms with Gasteiger partial charge in [-0.25, -0.2) is 9.97 Å². The van der Waals surface area contributed by atoms with E-state index in [1.807, 2.05) is 41.9 Å². The maximum absolute atomic E-state index is 10.0. The molecule has 0 spiro atoms. The van der Waals surface area contributed by atoms with Gasteiger partial charge < -0.3 is 28.9 Å². The number of rotatable bonds is 5. The number of aliphatic hydroxyl groups is 1. The average Bonchev–Trinajstić information content (AvgIpc) is 3.37. The van der Waals surface area contributed by atoms with Gasteiger partial charge in [0.25, 0.3) is 0 Å². The maximum Gasteiger partial charge on any atom is 0.227 e. The molecule has 5 heterocycles. The van der Waals surface area contributed by atoms with Crippen molar-refractivity contribution < 1.29 is 9.84 Å². The summed E-state index contributed by atoms with van der Waals surface area (Å²) in [5, 5.41) is 10.6. The van der Waals surface area contributed by atoms with Crippen LogP contribution in [0.5, 0.6) is 5.75 Å². The molecule has 38 heavy (non-hydrogen) atoms. The van der Waals surface area contributed by atoms with Gasteiger partial charge in [0, 0.05) is 75.2 Å². The van der Waals surface area contributed by atoms with Crippen LogP contribution in [0.4, 0.5) is 17.5 Å². The van der Waals surface area contributed by atoms with E-state index in [9.17, 15) is 5.11 Å². The zero-order chi connectivity index (χ0) is 26.2. The summed E-state index contributed by atoms with van der Waals surface area (Å²) in [7, 11) is 1.62. The molecule has 6 rings (SSSR count). The van der Waals surface area contributed by atoms with E-state index in [-0.39, 0.29) is 6.10 Å². The number of benzene rings is 1. The third-order valence-corrected chi connectivity index (χ3v) is 7.79. The molecule has 2 saturated heterocycles. The largest absolute Gasteiger partial charge is 0.495 e. The fourth-order valence-electron chi connectivity index (χ4n) is 5.38. The Balaban J connectivity index is 1.16. The minimum atomic E-state index is -0.305. The first kappa shape index (κ1) is 24.8. The highest BCUT2D eigenvalue weighted by molar-refractivity contribution is 6.32. The predicted octanol–water partition coefficient (Wildman–Crippen LogP) is 4.05. The lowest BCUT2D eigenvalue weighted by Gasteiger charge is -2.37. The maximum atomic E-state index is 10.0. The second-order valence-corrected chi connectivity index (χ2v) is 10.4. The number of pyridine rings is 1. The second kappa shape index (κ2) is 10.3.